The van der Waals surface area contributed by atoms with Gasteiger partial charge < -0.3 is 14.5 Å². The fraction of sp³-hybridized carbons (Fsp3) is 0.261. The Bertz CT molecular complexity index is 1160. The molecular formula is C23H25N5OS. The molecule has 0 radical (unpaired) electrons. The van der Waals surface area contributed by atoms with Crippen LogP contribution >= 0.6 is 11.8 Å². The molecule has 0 aliphatic carbocycles. The maximum atomic E-state index is 12.7. The van der Waals surface area contributed by atoms with Crippen molar-refractivity contribution < 1.29 is 4.79 Å². The molecule has 7 heteroatoms. The lowest BCUT2D eigenvalue weighted by molar-refractivity contribution is 0.102. The third-order valence-corrected chi connectivity index (χ3v) is 6.33. The Labute approximate surface area is 180 Å². The largest absolute Gasteiger partial charge is 0.372 e. The topological polar surface area (TPSA) is 66.8 Å². The van der Waals surface area contributed by atoms with Gasteiger partial charge in [0.15, 0.2) is 16.8 Å². The van der Waals surface area contributed by atoms with E-state index in [2.05, 4.69) is 58.2 Å². The number of aromatic amines is 1. The number of para-hydroxylation sites is 1. The minimum absolute atomic E-state index is 0.0746. The SMILES string of the molecule is CCN(CC)c1ccc(-c2nnc(SCC(=O)c3c[nH]c4ccccc34)n2C)cc1. The lowest BCUT2D eigenvalue weighted by Crippen LogP contribution is -2.21. The minimum atomic E-state index is 0.0746. The molecule has 0 atom stereocenters. The van der Waals surface area contributed by atoms with Gasteiger partial charge in [-0.2, -0.15) is 0 Å². The van der Waals surface area contributed by atoms with E-state index in [9.17, 15) is 4.79 Å². The maximum absolute atomic E-state index is 12.7. The first-order valence-electron chi connectivity index (χ1n) is 10.1. The number of carbonyl (C=O) groups excluding carboxylic acids is 1. The Morgan fingerprint density at radius 3 is 2.53 bits per heavy atom. The van der Waals surface area contributed by atoms with Crippen molar-refractivity contribution >= 4 is 34.1 Å². The van der Waals surface area contributed by atoms with Gasteiger partial charge in [-0.1, -0.05) is 30.0 Å². The van der Waals surface area contributed by atoms with Crippen molar-refractivity contribution in [3.05, 3.63) is 60.3 Å². The second-order valence-corrected chi connectivity index (χ2v) is 7.99. The highest BCUT2D eigenvalue weighted by molar-refractivity contribution is 7.99. The third-order valence-electron chi connectivity index (χ3n) is 5.31. The average molecular weight is 420 g/mol. The van der Waals surface area contributed by atoms with Gasteiger partial charge in [0.25, 0.3) is 0 Å². The number of aromatic nitrogens is 4. The van der Waals surface area contributed by atoms with E-state index in [1.165, 1.54) is 17.4 Å². The first-order valence-corrected chi connectivity index (χ1v) is 11.1. The minimum Gasteiger partial charge on any atom is -0.372 e. The molecule has 30 heavy (non-hydrogen) atoms. The van der Waals surface area contributed by atoms with Crippen LogP contribution in [0.25, 0.3) is 22.3 Å². The van der Waals surface area contributed by atoms with Gasteiger partial charge in [-0.25, -0.2) is 0 Å². The molecule has 154 valence electrons. The van der Waals surface area contributed by atoms with Crippen LogP contribution in [0.15, 0.2) is 59.9 Å². The molecule has 4 rings (SSSR count). The first kappa shape index (κ1) is 20.2. The molecule has 0 aliphatic rings. The van der Waals surface area contributed by atoms with Crippen molar-refractivity contribution in [1.29, 1.82) is 0 Å². The van der Waals surface area contributed by atoms with Gasteiger partial charge in [-0.05, 0) is 44.2 Å². The van der Waals surface area contributed by atoms with E-state index in [1.807, 2.05) is 35.9 Å². The summed E-state index contributed by atoms with van der Waals surface area (Å²) >= 11 is 1.41. The molecule has 0 amide bonds. The summed E-state index contributed by atoms with van der Waals surface area (Å²) < 4.78 is 1.94. The van der Waals surface area contributed by atoms with E-state index in [0.717, 1.165) is 40.5 Å². The number of nitrogens with one attached hydrogen (secondary N) is 1. The van der Waals surface area contributed by atoms with E-state index in [4.69, 9.17) is 0 Å². The molecule has 2 heterocycles. The molecule has 1 N–H and O–H groups in total. The van der Waals surface area contributed by atoms with Crippen LogP contribution in [0.4, 0.5) is 5.69 Å². The summed E-state index contributed by atoms with van der Waals surface area (Å²) in [6.45, 7) is 6.26. The molecule has 0 aliphatic heterocycles. The van der Waals surface area contributed by atoms with Crippen molar-refractivity contribution in [2.75, 3.05) is 23.7 Å². The van der Waals surface area contributed by atoms with Crippen molar-refractivity contribution in [3.8, 4) is 11.4 Å². The quantitative estimate of drug-likeness (QED) is 0.329. The molecule has 0 saturated heterocycles. The number of Topliss-reactive ketones (excluding diaryl/α,β-unsaturated/α-hetero) is 1. The third kappa shape index (κ3) is 3.85. The summed E-state index contributed by atoms with van der Waals surface area (Å²) in [5, 5.41) is 10.3. The van der Waals surface area contributed by atoms with E-state index < -0.39 is 0 Å². The summed E-state index contributed by atoms with van der Waals surface area (Å²) in [6.07, 6.45) is 1.78. The number of fused-ring (bicyclic) bond motifs is 1. The second-order valence-electron chi connectivity index (χ2n) is 7.04. The highest BCUT2D eigenvalue weighted by Gasteiger charge is 2.16. The fourth-order valence-corrected chi connectivity index (χ4v) is 4.41. The molecule has 0 fully saturated rings. The van der Waals surface area contributed by atoms with Crippen molar-refractivity contribution in [3.63, 3.8) is 0 Å². The Hall–Kier alpha value is -3.06. The van der Waals surface area contributed by atoms with Gasteiger partial charge in [0.1, 0.15) is 0 Å². The zero-order chi connectivity index (χ0) is 21.1. The fourth-order valence-electron chi connectivity index (χ4n) is 3.61. The number of hydrogen-bond donors (Lipinski definition) is 1. The van der Waals surface area contributed by atoms with Gasteiger partial charge in [-0.15, -0.1) is 10.2 Å². The summed E-state index contributed by atoms with van der Waals surface area (Å²) in [5.41, 5.74) is 3.90. The highest BCUT2D eigenvalue weighted by Crippen LogP contribution is 2.26. The Kier molecular flexibility index (Phi) is 5.90. The number of H-pyrrole nitrogens is 1. The maximum Gasteiger partial charge on any atom is 0.191 e. The molecule has 2 aromatic carbocycles. The van der Waals surface area contributed by atoms with Gasteiger partial charge in [0.2, 0.25) is 0 Å². The number of ketones is 1. The predicted molar refractivity (Wildman–Crippen MR) is 123 cm³/mol. The Morgan fingerprint density at radius 1 is 1.07 bits per heavy atom. The highest BCUT2D eigenvalue weighted by atomic mass is 32.2. The van der Waals surface area contributed by atoms with Crippen molar-refractivity contribution in [2.45, 2.75) is 19.0 Å². The standard InChI is InChI=1S/C23H25N5OS/c1-4-28(5-2)17-12-10-16(11-13-17)22-25-26-23(27(22)3)30-15-21(29)19-14-24-20-9-7-6-8-18(19)20/h6-14,24H,4-5,15H2,1-3H3. The van der Waals surface area contributed by atoms with E-state index in [0.29, 0.717) is 11.3 Å². The normalized spacial score (nSPS) is 11.2. The number of hydrogen-bond acceptors (Lipinski definition) is 5. The Balaban J connectivity index is 1.47. The lowest BCUT2D eigenvalue weighted by atomic mass is 10.1. The molecule has 0 spiro atoms. The first-order chi connectivity index (χ1) is 14.6. The van der Waals surface area contributed by atoms with Crippen molar-refractivity contribution in [2.24, 2.45) is 7.05 Å². The van der Waals surface area contributed by atoms with Crippen LogP contribution in [0.5, 0.6) is 0 Å². The van der Waals surface area contributed by atoms with Gasteiger partial charge in [-0.3, -0.25) is 4.79 Å². The lowest BCUT2D eigenvalue weighted by Gasteiger charge is -2.21. The number of anilines is 1. The number of benzene rings is 2. The van der Waals surface area contributed by atoms with E-state index in [-0.39, 0.29) is 5.78 Å². The molecule has 6 nitrogen and oxygen atoms in total. The average Bonchev–Trinajstić information content (AvgIpc) is 3.37. The molecule has 0 saturated carbocycles. The van der Waals surface area contributed by atoms with Crippen LogP contribution in [-0.4, -0.2) is 44.4 Å². The molecule has 2 aromatic heterocycles. The monoisotopic (exact) mass is 419 g/mol. The Morgan fingerprint density at radius 2 is 1.80 bits per heavy atom. The zero-order valence-electron chi connectivity index (χ0n) is 17.4. The van der Waals surface area contributed by atoms with Crippen LogP contribution < -0.4 is 4.90 Å². The summed E-state index contributed by atoms with van der Waals surface area (Å²) in [7, 11) is 1.94. The molecule has 4 aromatic rings. The van der Waals surface area contributed by atoms with Crippen LogP contribution in [0.2, 0.25) is 0 Å². The van der Waals surface area contributed by atoms with E-state index in [1.54, 1.807) is 6.20 Å². The van der Waals surface area contributed by atoms with Crippen LogP contribution in [0.1, 0.15) is 24.2 Å². The summed E-state index contributed by atoms with van der Waals surface area (Å²) in [4.78, 5) is 18.2. The van der Waals surface area contributed by atoms with Crippen LogP contribution in [-0.2, 0) is 7.05 Å². The van der Waals surface area contributed by atoms with Crippen LogP contribution in [0.3, 0.4) is 0 Å². The predicted octanol–water partition coefficient (Wildman–Crippen LogP) is 4.78. The van der Waals surface area contributed by atoms with E-state index >= 15 is 0 Å². The summed E-state index contributed by atoms with van der Waals surface area (Å²) in [6, 6.07) is 16.2. The van der Waals surface area contributed by atoms with Gasteiger partial charge >= 0.3 is 0 Å². The number of rotatable bonds is 8. The number of nitrogens with zero attached hydrogens (tertiary/aromatic N) is 4. The van der Waals surface area contributed by atoms with Gasteiger partial charge in [0.05, 0.1) is 5.75 Å². The zero-order valence-corrected chi connectivity index (χ0v) is 18.2. The number of thioether (sulfide) groups is 1. The molecular weight excluding hydrogens is 394 g/mol. The smallest absolute Gasteiger partial charge is 0.191 e. The second kappa shape index (κ2) is 8.75. The van der Waals surface area contributed by atoms with Crippen molar-refractivity contribution in [1.82, 2.24) is 19.7 Å². The number of carbonyl (C=O) groups is 1. The van der Waals surface area contributed by atoms with Crippen LogP contribution in [0, 0.1) is 0 Å². The molecule has 0 unspecified atom stereocenters. The molecule has 0 bridgehead atoms. The van der Waals surface area contributed by atoms with Gasteiger partial charge in [0, 0.05) is 54.1 Å². The summed E-state index contributed by atoms with van der Waals surface area (Å²) in [5.74, 6) is 1.18.